The van der Waals surface area contributed by atoms with Gasteiger partial charge in [-0.1, -0.05) is 0 Å². The first-order valence-electron chi connectivity index (χ1n) is 7.47. The molecule has 0 bridgehead atoms. The molecule has 130 valence electrons. The first kappa shape index (κ1) is 17.0. The number of aromatic nitrogens is 3. The second-order valence-electron chi connectivity index (χ2n) is 5.37. The number of hydrogen-bond acceptors (Lipinski definition) is 8. The lowest BCUT2D eigenvalue weighted by Gasteiger charge is -2.12. The van der Waals surface area contributed by atoms with Gasteiger partial charge in [0, 0.05) is 5.56 Å². The molecule has 0 saturated carbocycles. The summed E-state index contributed by atoms with van der Waals surface area (Å²) in [5.41, 5.74) is 8.81. The third-order valence-electron chi connectivity index (χ3n) is 3.66. The number of nitrogen functional groups attached to an aromatic ring is 1. The fraction of sp³-hybridized carbons (Fsp3) is 0.235. The second-order valence-corrected chi connectivity index (χ2v) is 6.58. The number of aryl methyl sites for hydroxylation is 2. The van der Waals surface area contributed by atoms with Gasteiger partial charge in [0.25, 0.3) is 0 Å². The number of rotatable bonds is 4. The zero-order valence-corrected chi connectivity index (χ0v) is 15.1. The monoisotopic (exact) mass is 358 g/mol. The molecule has 3 N–H and O–H groups in total. The van der Waals surface area contributed by atoms with Gasteiger partial charge in [0.1, 0.15) is 0 Å². The van der Waals surface area contributed by atoms with E-state index in [0.717, 1.165) is 15.6 Å². The van der Waals surface area contributed by atoms with Crippen LogP contribution in [0.25, 0.3) is 21.8 Å². The molecule has 0 aliphatic heterocycles. The maximum Gasteiger partial charge on any atom is 0.221 e. The fourth-order valence-corrected chi connectivity index (χ4v) is 3.42. The smallest absolute Gasteiger partial charge is 0.221 e. The van der Waals surface area contributed by atoms with Crippen LogP contribution in [0.2, 0.25) is 0 Å². The molecule has 0 unspecified atom stereocenters. The van der Waals surface area contributed by atoms with E-state index in [2.05, 4.69) is 15.0 Å². The molecule has 7 nitrogen and oxygen atoms in total. The number of phenolic OH excluding ortho intramolecular Hbond substituents is 1. The molecule has 0 atom stereocenters. The minimum Gasteiger partial charge on any atom is -0.502 e. The van der Waals surface area contributed by atoms with Gasteiger partial charge in [-0.25, -0.2) is 15.0 Å². The Labute approximate surface area is 149 Å². The predicted octanol–water partition coefficient (Wildman–Crippen LogP) is 3.19. The SMILES string of the molecule is COc1cc(-c2cc(-c3sc(C)nc3C)nc(N)n2)cc(OC)c1O. The van der Waals surface area contributed by atoms with Crippen molar-refractivity contribution in [3.8, 4) is 39.1 Å². The summed E-state index contributed by atoms with van der Waals surface area (Å²) in [6.45, 7) is 3.88. The Morgan fingerprint density at radius 1 is 0.960 bits per heavy atom. The number of ether oxygens (including phenoxy) is 2. The van der Waals surface area contributed by atoms with Crippen molar-refractivity contribution in [3.05, 3.63) is 28.9 Å². The molecule has 3 rings (SSSR count). The van der Waals surface area contributed by atoms with Gasteiger partial charge < -0.3 is 20.3 Å². The second kappa shape index (κ2) is 6.56. The molecule has 0 aliphatic carbocycles. The maximum absolute atomic E-state index is 10.1. The van der Waals surface area contributed by atoms with Crippen LogP contribution in [-0.4, -0.2) is 34.3 Å². The number of nitrogens with zero attached hydrogens (tertiary/aromatic N) is 3. The minimum atomic E-state index is -0.0649. The number of aromatic hydroxyl groups is 1. The topological polar surface area (TPSA) is 103 Å². The highest BCUT2D eigenvalue weighted by Crippen LogP contribution is 2.40. The van der Waals surface area contributed by atoms with Crippen LogP contribution in [0.3, 0.4) is 0 Å². The number of hydrogen-bond donors (Lipinski definition) is 2. The number of anilines is 1. The first-order valence-corrected chi connectivity index (χ1v) is 8.29. The van der Waals surface area contributed by atoms with Crippen molar-refractivity contribution in [1.29, 1.82) is 0 Å². The van der Waals surface area contributed by atoms with Gasteiger partial charge in [0.15, 0.2) is 11.5 Å². The van der Waals surface area contributed by atoms with E-state index >= 15 is 0 Å². The molecule has 0 fully saturated rings. The lowest BCUT2D eigenvalue weighted by atomic mass is 10.1. The van der Waals surface area contributed by atoms with Crippen LogP contribution in [0.4, 0.5) is 5.95 Å². The molecular formula is C17H18N4O3S. The molecule has 2 aromatic heterocycles. The number of benzene rings is 1. The Bertz CT molecular complexity index is 915. The Balaban J connectivity index is 2.17. The summed E-state index contributed by atoms with van der Waals surface area (Å²) >= 11 is 1.55. The van der Waals surface area contributed by atoms with E-state index in [4.69, 9.17) is 15.2 Å². The van der Waals surface area contributed by atoms with Crippen molar-refractivity contribution in [3.63, 3.8) is 0 Å². The van der Waals surface area contributed by atoms with E-state index in [1.54, 1.807) is 23.5 Å². The minimum absolute atomic E-state index is 0.0649. The zero-order valence-electron chi connectivity index (χ0n) is 14.3. The Hall–Kier alpha value is -2.87. The van der Waals surface area contributed by atoms with E-state index < -0.39 is 0 Å². The van der Waals surface area contributed by atoms with Crippen molar-refractivity contribution in [2.24, 2.45) is 0 Å². The van der Waals surface area contributed by atoms with Crippen molar-refractivity contribution in [1.82, 2.24) is 15.0 Å². The van der Waals surface area contributed by atoms with Crippen LogP contribution in [0.5, 0.6) is 17.2 Å². The van der Waals surface area contributed by atoms with E-state index in [9.17, 15) is 5.11 Å². The molecule has 0 radical (unpaired) electrons. The third kappa shape index (κ3) is 3.20. The highest BCUT2D eigenvalue weighted by atomic mass is 32.1. The van der Waals surface area contributed by atoms with Gasteiger partial charge in [-0.3, -0.25) is 0 Å². The van der Waals surface area contributed by atoms with Gasteiger partial charge in [-0.05, 0) is 32.0 Å². The number of methoxy groups -OCH3 is 2. The zero-order chi connectivity index (χ0) is 18.1. The Kier molecular flexibility index (Phi) is 4.45. The van der Waals surface area contributed by atoms with Crippen molar-refractivity contribution in [2.45, 2.75) is 13.8 Å². The number of nitrogens with two attached hydrogens (primary N) is 1. The molecule has 1 aromatic carbocycles. The molecule has 8 heteroatoms. The number of phenols is 1. The highest BCUT2D eigenvalue weighted by molar-refractivity contribution is 7.15. The van der Waals surface area contributed by atoms with Crippen molar-refractivity contribution >= 4 is 17.3 Å². The molecular weight excluding hydrogens is 340 g/mol. The summed E-state index contributed by atoms with van der Waals surface area (Å²) in [7, 11) is 2.95. The van der Waals surface area contributed by atoms with Gasteiger partial charge in [0.05, 0.1) is 41.2 Å². The summed E-state index contributed by atoms with van der Waals surface area (Å²) in [4.78, 5) is 14.0. The van der Waals surface area contributed by atoms with Crippen molar-refractivity contribution < 1.29 is 14.6 Å². The lowest BCUT2D eigenvalue weighted by Crippen LogP contribution is -1.99. The standard InChI is InChI=1S/C17H18N4O3S/c1-8-16(25-9(2)19-8)12-7-11(20-17(18)21-12)10-5-13(23-3)15(22)14(6-10)24-4/h5-7,22H,1-4H3,(H2,18,20,21). The third-order valence-corrected chi connectivity index (χ3v) is 4.75. The summed E-state index contributed by atoms with van der Waals surface area (Å²) < 4.78 is 10.4. The molecule has 0 saturated heterocycles. The molecule has 0 amide bonds. The lowest BCUT2D eigenvalue weighted by molar-refractivity contribution is 0.340. The first-order chi connectivity index (χ1) is 11.9. The van der Waals surface area contributed by atoms with Crippen LogP contribution in [-0.2, 0) is 0 Å². The maximum atomic E-state index is 10.1. The average Bonchev–Trinajstić information content (AvgIpc) is 2.93. The van der Waals surface area contributed by atoms with Crippen LogP contribution in [0, 0.1) is 13.8 Å². The molecule has 25 heavy (non-hydrogen) atoms. The van der Waals surface area contributed by atoms with Gasteiger partial charge in [0.2, 0.25) is 11.7 Å². The molecule has 2 heterocycles. The summed E-state index contributed by atoms with van der Waals surface area (Å²) in [6.07, 6.45) is 0. The van der Waals surface area contributed by atoms with E-state index in [-0.39, 0.29) is 23.2 Å². The number of thiazole rings is 1. The largest absolute Gasteiger partial charge is 0.502 e. The molecule has 3 aromatic rings. The summed E-state index contributed by atoms with van der Waals surface area (Å²) in [5.74, 6) is 0.671. The summed E-state index contributed by atoms with van der Waals surface area (Å²) in [5, 5.41) is 11.0. The normalized spacial score (nSPS) is 10.7. The fourth-order valence-electron chi connectivity index (χ4n) is 2.54. The van der Waals surface area contributed by atoms with Crippen LogP contribution in [0.15, 0.2) is 18.2 Å². The quantitative estimate of drug-likeness (QED) is 0.738. The molecule has 0 spiro atoms. The van der Waals surface area contributed by atoms with Crippen LogP contribution < -0.4 is 15.2 Å². The van der Waals surface area contributed by atoms with Crippen LogP contribution in [0.1, 0.15) is 10.7 Å². The summed E-state index contributed by atoms with van der Waals surface area (Å²) in [6, 6.07) is 5.18. The van der Waals surface area contributed by atoms with Gasteiger partial charge in [-0.2, -0.15) is 0 Å². The Morgan fingerprint density at radius 2 is 1.56 bits per heavy atom. The van der Waals surface area contributed by atoms with E-state index in [0.29, 0.717) is 17.0 Å². The van der Waals surface area contributed by atoms with Gasteiger partial charge in [-0.15, -0.1) is 11.3 Å². The van der Waals surface area contributed by atoms with Gasteiger partial charge >= 0.3 is 0 Å². The Morgan fingerprint density at radius 3 is 2.08 bits per heavy atom. The van der Waals surface area contributed by atoms with E-state index in [1.165, 1.54) is 14.2 Å². The predicted molar refractivity (Wildman–Crippen MR) is 97.2 cm³/mol. The molecule has 0 aliphatic rings. The van der Waals surface area contributed by atoms with E-state index in [1.807, 2.05) is 19.9 Å². The van der Waals surface area contributed by atoms with Crippen LogP contribution >= 0.6 is 11.3 Å². The average molecular weight is 358 g/mol. The highest BCUT2D eigenvalue weighted by Gasteiger charge is 2.16. The van der Waals surface area contributed by atoms with Crippen molar-refractivity contribution in [2.75, 3.05) is 20.0 Å².